The second kappa shape index (κ2) is 14.5. The third-order valence-corrected chi connectivity index (χ3v) is 8.45. The molecule has 3 aromatic rings. The van der Waals surface area contributed by atoms with Crippen molar-refractivity contribution in [2.45, 2.75) is 72.5 Å². The molecule has 11 heteroatoms. The third kappa shape index (κ3) is 7.24. The Bertz CT molecular complexity index is 1620. The molecule has 4 rings (SSSR count). The average molecular weight is 620 g/mol. The molecule has 2 amide bonds. The monoisotopic (exact) mass is 619 g/mol. The number of fused-ring (bicyclic) bond motifs is 3. The van der Waals surface area contributed by atoms with Gasteiger partial charge in [0.05, 0.1) is 45.3 Å². The minimum absolute atomic E-state index is 0.0638. The Hall–Kier alpha value is -4.54. The van der Waals surface area contributed by atoms with E-state index in [1.165, 1.54) is 6.92 Å². The highest BCUT2D eigenvalue weighted by Crippen LogP contribution is 2.50. The molecule has 11 nitrogen and oxygen atoms in total. The summed E-state index contributed by atoms with van der Waals surface area (Å²) >= 11 is 0. The summed E-state index contributed by atoms with van der Waals surface area (Å²) in [6.07, 6.45) is 1.88. The van der Waals surface area contributed by atoms with E-state index in [0.717, 1.165) is 34.5 Å². The Balaban J connectivity index is 1.76. The molecule has 3 unspecified atom stereocenters. The summed E-state index contributed by atoms with van der Waals surface area (Å²) < 4.78 is 19.0. The lowest BCUT2D eigenvalue weighted by Crippen LogP contribution is -2.45. The lowest BCUT2D eigenvalue weighted by atomic mass is 9.95. The summed E-state index contributed by atoms with van der Waals surface area (Å²) in [7, 11) is 4.68. The second-order valence-electron chi connectivity index (χ2n) is 11.5. The van der Waals surface area contributed by atoms with Crippen molar-refractivity contribution in [3.8, 4) is 28.4 Å². The number of carbonyl (C=O) groups excluding carboxylic acids is 2. The lowest BCUT2D eigenvalue weighted by molar-refractivity contribution is -0.123. The van der Waals surface area contributed by atoms with Gasteiger partial charge in [0.15, 0.2) is 11.5 Å². The van der Waals surface area contributed by atoms with Gasteiger partial charge in [0.1, 0.15) is 6.04 Å². The number of aryl methyl sites for hydroxylation is 3. The van der Waals surface area contributed by atoms with E-state index in [0.29, 0.717) is 48.7 Å². The van der Waals surface area contributed by atoms with E-state index in [1.54, 1.807) is 33.5 Å². The van der Waals surface area contributed by atoms with Crippen molar-refractivity contribution in [3.63, 3.8) is 0 Å². The van der Waals surface area contributed by atoms with E-state index >= 15 is 0 Å². The fourth-order valence-electron chi connectivity index (χ4n) is 5.99. The zero-order valence-electron chi connectivity index (χ0n) is 27.5. The molecule has 0 aliphatic heterocycles. The first-order valence-corrected chi connectivity index (χ1v) is 15.4. The van der Waals surface area contributed by atoms with E-state index in [4.69, 9.17) is 14.2 Å². The summed E-state index contributed by atoms with van der Waals surface area (Å²) in [5.74, 6) is 0.975. The van der Waals surface area contributed by atoms with Crippen LogP contribution in [0.15, 0.2) is 35.1 Å². The summed E-state index contributed by atoms with van der Waals surface area (Å²) in [5.41, 5.74) is 5.02. The molecule has 0 radical (unpaired) electrons. The number of ether oxygens (including phenoxy) is 3. The molecule has 1 heterocycles. The highest BCUT2D eigenvalue weighted by atomic mass is 16.5. The number of hydrogen-bond acceptors (Lipinski definition) is 8. The molecule has 1 aliphatic rings. The molecule has 0 bridgehead atoms. The van der Waals surface area contributed by atoms with E-state index in [-0.39, 0.29) is 28.8 Å². The van der Waals surface area contributed by atoms with Gasteiger partial charge >= 0.3 is 0 Å². The lowest BCUT2D eigenvalue weighted by Gasteiger charge is -2.24. The first-order valence-electron chi connectivity index (χ1n) is 15.4. The number of benzene rings is 1. The van der Waals surface area contributed by atoms with Crippen LogP contribution in [-0.2, 0) is 22.6 Å². The van der Waals surface area contributed by atoms with Gasteiger partial charge in [-0.15, -0.1) is 0 Å². The molecule has 2 aromatic carbocycles. The van der Waals surface area contributed by atoms with Gasteiger partial charge in [-0.25, -0.2) is 0 Å². The topological polar surface area (TPSA) is 133 Å². The van der Waals surface area contributed by atoms with Crippen LogP contribution in [-0.4, -0.2) is 55.5 Å². The van der Waals surface area contributed by atoms with Gasteiger partial charge in [-0.05, 0) is 73.6 Å². The summed E-state index contributed by atoms with van der Waals surface area (Å²) in [5, 5.41) is 13.8. The molecule has 0 spiro atoms. The van der Waals surface area contributed by atoms with Crippen LogP contribution < -0.4 is 35.6 Å². The van der Waals surface area contributed by atoms with Gasteiger partial charge in [-0.1, -0.05) is 26.3 Å². The standard InChI is InChI=1S/C34H45N5O6/c1-9-19(2)31(34(42)35-14-15-39-21(4)16-20(3)38-39)37-27-13-11-24-25(18-28(27)41)26(36-22(5)40)12-10-23-17-29(43-6)32(44-7)33(45-8)30(23)24/h11,13,16-19,26,31H,9-10,12,14-15H2,1-8H3,(H,35,42)(H,36,40)(H,37,41). The predicted octanol–water partition coefficient (Wildman–Crippen LogP) is 4.32. The number of anilines is 1. The minimum atomic E-state index is -0.650. The van der Waals surface area contributed by atoms with Crippen molar-refractivity contribution < 1.29 is 23.8 Å². The van der Waals surface area contributed by atoms with Crippen LogP contribution in [0, 0.1) is 19.8 Å². The van der Waals surface area contributed by atoms with Crippen LogP contribution >= 0.6 is 0 Å². The highest BCUT2D eigenvalue weighted by Gasteiger charge is 2.30. The largest absolute Gasteiger partial charge is 0.493 e. The fourth-order valence-corrected chi connectivity index (χ4v) is 5.99. The Morgan fingerprint density at radius 2 is 1.80 bits per heavy atom. The SMILES string of the molecule is CCC(C)C(Nc1ccc2c(cc1=O)C(NC(C)=O)CCc1cc(OC)c(OC)c(OC)c1-2)C(=O)NCCn1nc(C)cc1C. The van der Waals surface area contributed by atoms with Crippen LogP contribution in [0.2, 0.25) is 0 Å². The minimum Gasteiger partial charge on any atom is -0.493 e. The smallest absolute Gasteiger partial charge is 0.242 e. The summed E-state index contributed by atoms with van der Waals surface area (Å²) in [6.45, 7) is 10.3. The quantitative estimate of drug-likeness (QED) is 0.273. The molecular weight excluding hydrogens is 574 g/mol. The molecule has 0 saturated carbocycles. The molecule has 45 heavy (non-hydrogen) atoms. The summed E-state index contributed by atoms with van der Waals surface area (Å²) in [4.78, 5) is 39.6. The number of aromatic nitrogens is 2. The van der Waals surface area contributed by atoms with Gasteiger partial charge in [0.2, 0.25) is 23.0 Å². The van der Waals surface area contributed by atoms with E-state index in [2.05, 4.69) is 21.0 Å². The second-order valence-corrected chi connectivity index (χ2v) is 11.5. The maximum Gasteiger partial charge on any atom is 0.242 e. The Kier molecular flexibility index (Phi) is 10.7. The third-order valence-electron chi connectivity index (χ3n) is 8.45. The summed E-state index contributed by atoms with van der Waals surface area (Å²) in [6, 6.07) is 7.94. The molecule has 1 aliphatic carbocycles. The maximum absolute atomic E-state index is 13.8. The predicted molar refractivity (Wildman–Crippen MR) is 174 cm³/mol. The maximum atomic E-state index is 13.8. The van der Waals surface area contributed by atoms with Crippen LogP contribution in [0.4, 0.5) is 5.69 Å². The van der Waals surface area contributed by atoms with Crippen molar-refractivity contribution in [3.05, 3.63) is 63.1 Å². The van der Waals surface area contributed by atoms with Gasteiger partial charge in [0.25, 0.3) is 0 Å². The molecule has 242 valence electrons. The molecule has 3 atom stereocenters. The van der Waals surface area contributed by atoms with E-state index < -0.39 is 12.1 Å². The Morgan fingerprint density at radius 1 is 1.07 bits per heavy atom. The number of hydrogen-bond donors (Lipinski definition) is 3. The number of rotatable bonds is 12. The van der Waals surface area contributed by atoms with Gasteiger partial charge in [-0.3, -0.25) is 19.1 Å². The van der Waals surface area contributed by atoms with E-state index in [9.17, 15) is 14.4 Å². The molecule has 0 saturated heterocycles. The zero-order valence-corrected chi connectivity index (χ0v) is 27.5. The number of nitrogens with zero attached hydrogens (tertiary/aromatic N) is 2. The van der Waals surface area contributed by atoms with Crippen molar-refractivity contribution in [1.29, 1.82) is 0 Å². The fraction of sp³-hybridized carbons (Fsp3) is 0.471. The average Bonchev–Trinajstić information content (AvgIpc) is 3.15. The van der Waals surface area contributed by atoms with Crippen molar-refractivity contribution in [2.24, 2.45) is 5.92 Å². The van der Waals surface area contributed by atoms with Crippen molar-refractivity contribution in [1.82, 2.24) is 20.4 Å². The normalized spacial score (nSPS) is 15.1. The first-order chi connectivity index (χ1) is 21.5. The van der Waals surface area contributed by atoms with Crippen molar-refractivity contribution >= 4 is 17.5 Å². The van der Waals surface area contributed by atoms with Gasteiger partial charge in [0, 0.05) is 24.7 Å². The number of amides is 2. The van der Waals surface area contributed by atoms with Crippen molar-refractivity contribution in [2.75, 3.05) is 33.2 Å². The van der Waals surface area contributed by atoms with Crippen LogP contribution in [0.25, 0.3) is 11.1 Å². The highest BCUT2D eigenvalue weighted by molar-refractivity contribution is 5.86. The van der Waals surface area contributed by atoms with Crippen LogP contribution in [0.3, 0.4) is 0 Å². The van der Waals surface area contributed by atoms with Crippen LogP contribution in [0.1, 0.15) is 62.2 Å². The zero-order chi connectivity index (χ0) is 32.8. The number of carbonyl (C=O) groups is 2. The Labute approximate surface area is 264 Å². The van der Waals surface area contributed by atoms with Crippen LogP contribution in [0.5, 0.6) is 17.2 Å². The van der Waals surface area contributed by atoms with Gasteiger partial charge in [-0.2, -0.15) is 5.10 Å². The molecule has 3 N–H and O–H groups in total. The molecular formula is C34H45N5O6. The van der Waals surface area contributed by atoms with Gasteiger partial charge < -0.3 is 30.2 Å². The Morgan fingerprint density at radius 3 is 2.40 bits per heavy atom. The number of nitrogens with one attached hydrogen (secondary N) is 3. The first kappa shape index (κ1) is 33.4. The number of methoxy groups -OCH3 is 3. The molecule has 0 fully saturated rings. The van der Waals surface area contributed by atoms with E-state index in [1.807, 2.05) is 50.6 Å². The molecule has 1 aromatic heterocycles.